The second-order valence-electron chi connectivity index (χ2n) is 2.37. The zero-order valence-electron chi connectivity index (χ0n) is 7.10. The van der Waals surface area contributed by atoms with Crippen molar-refractivity contribution in [3.63, 3.8) is 0 Å². The van der Waals surface area contributed by atoms with Crippen molar-refractivity contribution in [2.75, 3.05) is 6.73 Å². The number of carboxylic acids is 1. The van der Waals surface area contributed by atoms with E-state index >= 15 is 0 Å². The first-order valence-corrected chi connectivity index (χ1v) is 3.74. The summed E-state index contributed by atoms with van der Waals surface area (Å²) in [5.74, 6) is -1.95. The molecule has 0 aliphatic carbocycles. The molecule has 0 bridgehead atoms. The Morgan fingerprint density at radius 1 is 1.50 bits per heavy atom. The number of hydrogen-bond acceptors (Lipinski definition) is 4. The van der Waals surface area contributed by atoms with Crippen LogP contribution in [0.2, 0.25) is 0 Å². The number of aromatic carboxylic acids is 1. The lowest BCUT2D eigenvalue weighted by molar-refractivity contribution is 0.0688. The van der Waals surface area contributed by atoms with Gasteiger partial charge in [-0.05, 0) is 12.1 Å². The summed E-state index contributed by atoms with van der Waals surface area (Å²) in [5.41, 5.74) is -0.410. The Morgan fingerprint density at radius 2 is 2.21 bits per heavy atom. The van der Waals surface area contributed by atoms with Crippen LogP contribution in [0.1, 0.15) is 20.8 Å². The first-order valence-electron chi connectivity index (χ1n) is 3.74. The molecule has 0 aromatic carbocycles. The van der Waals surface area contributed by atoms with Crippen molar-refractivity contribution in [1.82, 2.24) is 10.3 Å². The molecule has 3 N–H and O–H groups in total. The van der Waals surface area contributed by atoms with Crippen LogP contribution in [0, 0.1) is 0 Å². The predicted molar refractivity (Wildman–Crippen MR) is 45.7 cm³/mol. The molecule has 1 aromatic heterocycles. The Kier molecular flexibility index (Phi) is 3.14. The Labute approximate surface area is 79.2 Å². The summed E-state index contributed by atoms with van der Waals surface area (Å²) in [7, 11) is 0. The zero-order chi connectivity index (χ0) is 10.6. The highest BCUT2D eigenvalue weighted by atomic mass is 16.4. The van der Waals surface area contributed by atoms with E-state index in [1.54, 1.807) is 0 Å². The quantitative estimate of drug-likeness (QED) is 0.564. The number of nitrogens with one attached hydrogen (secondary N) is 1. The van der Waals surface area contributed by atoms with Gasteiger partial charge in [-0.15, -0.1) is 0 Å². The van der Waals surface area contributed by atoms with Crippen LogP contribution in [0.15, 0.2) is 18.3 Å². The summed E-state index contributed by atoms with van der Waals surface area (Å²) < 4.78 is 0. The summed E-state index contributed by atoms with van der Waals surface area (Å²) >= 11 is 0. The van der Waals surface area contributed by atoms with Gasteiger partial charge < -0.3 is 15.5 Å². The highest BCUT2D eigenvalue weighted by Crippen LogP contribution is 2.04. The third kappa shape index (κ3) is 2.05. The van der Waals surface area contributed by atoms with Gasteiger partial charge in [0, 0.05) is 6.20 Å². The molecular weight excluding hydrogens is 188 g/mol. The fourth-order valence-electron chi connectivity index (χ4n) is 0.914. The number of carbonyl (C=O) groups is 2. The average molecular weight is 196 g/mol. The van der Waals surface area contributed by atoms with Crippen LogP contribution in [-0.2, 0) is 0 Å². The van der Waals surface area contributed by atoms with E-state index in [9.17, 15) is 9.59 Å². The van der Waals surface area contributed by atoms with Crippen molar-refractivity contribution < 1.29 is 19.8 Å². The molecule has 0 fully saturated rings. The predicted octanol–water partition coefficient (Wildman–Crippen LogP) is -0.541. The molecule has 6 nitrogen and oxygen atoms in total. The SMILES string of the molecule is O=C(O)c1cccnc1C(=O)NCO. The smallest absolute Gasteiger partial charge is 0.338 e. The molecule has 0 spiro atoms. The van der Waals surface area contributed by atoms with Crippen molar-refractivity contribution in [1.29, 1.82) is 0 Å². The van der Waals surface area contributed by atoms with Crippen molar-refractivity contribution in [3.8, 4) is 0 Å². The zero-order valence-corrected chi connectivity index (χ0v) is 7.10. The number of carboxylic acid groups (broad SMARTS) is 1. The lowest BCUT2D eigenvalue weighted by atomic mass is 10.2. The van der Waals surface area contributed by atoms with Gasteiger partial charge in [-0.25, -0.2) is 4.79 Å². The summed E-state index contributed by atoms with van der Waals surface area (Å²) in [6.07, 6.45) is 1.30. The molecular formula is C8H8N2O4. The van der Waals surface area contributed by atoms with Crippen molar-refractivity contribution in [3.05, 3.63) is 29.6 Å². The van der Waals surface area contributed by atoms with Gasteiger partial charge in [-0.3, -0.25) is 9.78 Å². The minimum atomic E-state index is -1.24. The van der Waals surface area contributed by atoms with E-state index in [4.69, 9.17) is 10.2 Å². The van der Waals surface area contributed by atoms with Gasteiger partial charge in [0.2, 0.25) is 0 Å². The van der Waals surface area contributed by atoms with E-state index in [2.05, 4.69) is 4.98 Å². The number of aromatic nitrogens is 1. The second kappa shape index (κ2) is 4.33. The number of rotatable bonds is 3. The van der Waals surface area contributed by atoms with Gasteiger partial charge in [-0.1, -0.05) is 0 Å². The van der Waals surface area contributed by atoms with Crippen LogP contribution in [0.4, 0.5) is 0 Å². The molecule has 0 atom stereocenters. The molecule has 1 amide bonds. The van der Waals surface area contributed by atoms with E-state index < -0.39 is 18.6 Å². The molecule has 14 heavy (non-hydrogen) atoms. The minimum Gasteiger partial charge on any atom is -0.478 e. The first-order chi connectivity index (χ1) is 6.66. The van der Waals surface area contributed by atoms with Crippen LogP contribution in [0.5, 0.6) is 0 Å². The molecule has 0 saturated carbocycles. The normalized spacial score (nSPS) is 9.50. The third-order valence-electron chi connectivity index (χ3n) is 1.49. The standard InChI is InChI=1S/C8H8N2O4/c11-4-10-7(12)6-5(8(13)14)2-1-3-9-6/h1-3,11H,4H2,(H,10,12)(H,13,14). The number of amides is 1. The highest BCUT2D eigenvalue weighted by molar-refractivity contribution is 6.03. The van der Waals surface area contributed by atoms with E-state index in [1.807, 2.05) is 5.32 Å². The van der Waals surface area contributed by atoms with E-state index in [-0.39, 0.29) is 11.3 Å². The van der Waals surface area contributed by atoms with Gasteiger partial charge in [0.15, 0.2) is 0 Å². The van der Waals surface area contributed by atoms with Crippen LogP contribution < -0.4 is 5.32 Å². The second-order valence-corrected chi connectivity index (χ2v) is 2.37. The number of hydrogen-bond donors (Lipinski definition) is 3. The molecule has 0 saturated heterocycles. The largest absolute Gasteiger partial charge is 0.478 e. The summed E-state index contributed by atoms with van der Waals surface area (Å²) in [4.78, 5) is 25.4. The molecule has 6 heteroatoms. The number of nitrogens with zero attached hydrogens (tertiary/aromatic N) is 1. The van der Waals surface area contributed by atoms with Gasteiger partial charge in [0.25, 0.3) is 5.91 Å². The van der Waals surface area contributed by atoms with Crippen molar-refractivity contribution in [2.24, 2.45) is 0 Å². The minimum absolute atomic E-state index is 0.196. The number of carbonyl (C=O) groups excluding carboxylic acids is 1. The number of aliphatic hydroxyl groups is 1. The van der Waals surface area contributed by atoms with Gasteiger partial charge in [-0.2, -0.15) is 0 Å². The molecule has 1 aromatic rings. The number of aliphatic hydroxyl groups excluding tert-OH is 1. The Morgan fingerprint density at radius 3 is 2.79 bits per heavy atom. The van der Waals surface area contributed by atoms with E-state index in [1.165, 1.54) is 18.3 Å². The Hall–Kier alpha value is -1.95. The highest BCUT2D eigenvalue weighted by Gasteiger charge is 2.16. The first kappa shape index (κ1) is 10.1. The third-order valence-corrected chi connectivity index (χ3v) is 1.49. The van der Waals surface area contributed by atoms with Crippen LogP contribution in [0.25, 0.3) is 0 Å². The Balaban J connectivity index is 3.07. The molecule has 0 radical (unpaired) electrons. The summed E-state index contributed by atoms with van der Waals surface area (Å²) in [6, 6.07) is 2.68. The lowest BCUT2D eigenvalue weighted by Gasteiger charge is -2.03. The van der Waals surface area contributed by atoms with E-state index in [0.29, 0.717) is 0 Å². The fraction of sp³-hybridized carbons (Fsp3) is 0.125. The summed E-state index contributed by atoms with van der Waals surface area (Å²) in [5, 5.41) is 19.2. The molecule has 0 unspecified atom stereocenters. The maximum Gasteiger partial charge on any atom is 0.338 e. The van der Waals surface area contributed by atoms with Gasteiger partial charge in [0.1, 0.15) is 12.4 Å². The molecule has 1 rings (SSSR count). The topological polar surface area (TPSA) is 99.5 Å². The maximum absolute atomic E-state index is 11.2. The van der Waals surface area contributed by atoms with Crippen molar-refractivity contribution >= 4 is 11.9 Å². The van der Waals surface area contributed by atoms with Crippen LogP contribution in [0.3, 0.4) is 0 Å². The van der Waals surface area contributed by atoms with Crippen LogP contribution >= 0.6 is 0 Å². The Bertz CT molecular complexity index is 364. The number of pyridine rings is 1. The fourth-order valence-corrected chi connectivity index (χ4v) is 0.914. The van der Waals surface area contributed by atoms with Gasteiger partial charge >= 0.3 is 5.97 Å². The average Bonchev–Trinajstić information content (AvgIpc) is 2.18. The monoisotopic (exact) mass is 196 g/mol. The molecule has 0 aliphatic heterocycles. The maximum atomic E-state index is 11.2. The van der Waals surface area contributed by atoms with E-state index in [0.717, 1.165) is 0 Å². The molecule has 74 valence electrons. The van der Waals surface area contributed by atoms with Crippen LogP contribution in [-0.4, -0.2) is 33.8 Å². The lowest BCUT2D eigenvalue weighted by Crippen LogP contribution is -2.27. The molecule has 1 heterocycles. The van der Waals surface area contributed by atoms with Gasteiger partial charge in [0.05, 0.1) is 5.56 Å². The molecule has 0 aliphatic rings. The summed E-state index contributed by atoms with van der Waals surface area (Å²) in [6.45, 7) is -0.561. The van der Waals surface area contributed by atoms with Crippen molar-refractivity contribution in [2.45, 2.75) is 0 Å².